The maximum absolute atomic E-state index is 14.8. The summed E-state index contributed by atoms with van der Waals surface area (Å²) in [6.45, 7) is 0.807. The van der Waals surface area contributed by atoms with Gasteiger partial charge in [0.15, 0.2) is 5.82 Å². The molecule has 1 aliphatic heterocycles. The molecule has 0 aromatic carbocycles. The molecule has 0 bridgehead atoms. The highest BCUT2D eigenvalue weighted by Gasteiger charge is 2.27. The summed E-state index contributed by atoms with van der Waals surface area (Å²) in [5.74, 6) is -1.33. The normalized spacial score (nSPS) is 16.3. The Bertz CT molecular complexity index is 1130. The quantitative estimate of drug-likeness (QED) is 0.635. The zero-order valence-electron chi connectivity index (χ0n) is 16.3. The predicted molar refractivity (Wildman–Crippen MR) is 103 cm³/mol. The molecule has 0 unspecified atom stereocenters. The van der Waals surface area contributed by atoms with E-state index in [9.17, 15) is 9.18 Å². The maximum Gasteiger partial charge on any atom is 0.258 e. The van der Waals surface area contributed by atoms with Crippen molar-refractivity contribution < 1.29 is 18.7 Å². The van der Waals surface area contributed by atoms with Crippen LogP contribution < -0.4 is 9.47 Å². The van der Waals surface area contributed by atoms with Crippen LogP contribution in [-0.4, -0.2) is 56.7 Å². The molecule has 1 aliphatic rings. The SMILES string of the molecule is COc1nc(-c2cnn3ccccc23)nc(O[C@@H]2CCCN(C(=O)CC#N)C2)c1F. The second-order valence-corrected chi connectivity index (χ2v) is 6.82. The third-order valence-corrected chi connectivity index (χ3v) is 4.89. The van der Waals surface area contributed by atoms with Gasteiger partial charge in [-0.15, -0.1) is 0 Å². The van der Waals surface area contributed by atoms with Gasteiger partial charge in [0, 0.05) is 12.7 Å². The van der Waals surface area contributed by atoms with Crippen molar-refractivity contribution in [2.45, 2.75) is 25.4 Å². The summed E-state index contributed by atoms with van der Waals surface area (Å²) in [6, 6.07) is 7.40. The molecule has 0 saturated carbocycles. The maximum atomic E-state index is 14.8. The van der Waals surface area contributed by atoms with Gasteiger partial charge < -0.3 is 14.4 Å². The fraction of sp³-hybridized carbons (Fsp3) is 0.350. The van der Waals surface area contributed by atoms with Gasteiger partial charge in [-0.1, -0.05) is 6.07 Å². The first-order chi connectivity index (χ1) is 14.6. The van der Waals surface area contributed by atoms with E-state index in [0.29, 0.717) is 24.9 Å². The molecule has 3 aromatic heterocycles. The Labute approximate surface area is 171 Å². The van der Waals surface area contributed by atoms with Crippen LogP contribution in [0.5, 0.6) is 11.8 Å². The Morgan fingerprint density at radius 1 is 1.37 bits per heavy atom. The van der Waals surface area contributed by atoms with Gasteiger partial charge in [0.2, 0.25) is 11.7 Å². The van der Waals surface area contributed by atoms with E-state index in [1.54, 1.807) is 21.8 Å². The highest BCUT2D eigenvalue weighted by molar-refractivity contribution is 5.78. The molecular formula is C20H19FN6O3. The number of amides is 1. The smallest absolute Gasteiger partial charge is 0.258 e. The molecular weight excluding hydrogens is 391 g/mol. The largest absolute Gasteiger partial charge is 0.479 e. The van der Waals surface area contributed by atoms with Gasteiger partial charge >= 0.3 is 0 Å². The van der Waals surface area contributed by atoms with Gasteiger partial charge in [-0.3, -0.25) is 4.79 Å². The van der Waals surface area contributed by atoms with Gasteiger partial charge in [0.05, 0.1) is 37.0 Å². The summed E-state index contributed by atoms with van der Waals surface area (Å²) in [5.41, 5.74) is 1.36. The molecule has 10 heteroatoms. The second-order valence-electron chi connectivity index (χ2n) is 6.82. The van der Waals surface area contributed by atoms with Crippen LogP contribution in [0.4, 0.5) is 4.39 Å². The summed E-state index contributed by atoms with van der Waals surface area (Å²) < 4.78 is 27.4. The van der Waals surface area contributed by atoms with Crippen LogP contribution in [0.3, 0.4) is 0 Å². The second kappa shape index (κ2) is 8.32. The lowest BCUT2D eigenvalue weighted by molar-refractivity contribution is -0.132. The molecule has 4 rings (SSSR count). The summed E-state index contributed by atoms with van der Waals surface area (Å²) in [5, 5.41) is 13.0. The molecule has 1 saturated heterocycles. The number of carbonyl (C=O) groups is 1. The van der Waals surface area contributed by atoms with E-state index in [0.717, 1.165) is 5.52 Å². The van der Waals surface area contributed by atoms with E-state index >= 15 is 0 Å². The zero-order chi connectivity index (χ0) is 21.1. The van der Waals surface area contributed by atoms with Crippen molar-refractivity contribution in [3.8, 4) is 29.2 Å². The van der Waals surface area contributed by atoms with Crippen LogP contribution in [0.1, 0.15) is 19.3 Å². The monoisotopic (exact) mass is 410 g/mol. The number of nitriles is 1. The molecule has 0 radical (unpaired) electrons. The van der Waals surface area contributed by atoms with E-state index in [1.165, 1.54) is 7.11 Å². The minimum atomic E-state index is -0.807. The number of aromatic nitrogens is 4. The number of pyridine rings is 1. The summed E-state index contributed by atoms with van der Waals surface area (Å²) >= 11 is 0. The Balaban J connectivity index is 1.64. The van der Waals surface area contributed by atoms with Crippen molar-refractivity contribution in [1.29, 1.82) is 5.26 Å². The number of likely N-dealkylation sites (tertiary alicyclic amines) is 1. The van der Waals surface area contributed by atoms with Gasteiger partial charge in [-0.05, 0) is 25.0 Å². The van der Waals surface area contributed by atoms with Crippen LogP contribution in [0.15, 0.2) is 30.6 Å². The number of hydrogen-bond acceptors (Lipinski definition) is 7. The van der Waals surface area contributed by atoms with E-state index in [4.69, 9.17) is 14.7 Å². The number of methoxy groups -OCH3 is 1. The first-order valence-corrected chi connectivity index (χ1v) is 9.46. The lowest BCUT2D eigenvalue weighted by Crippen LogP contribution is -2.44. The molecule has 0 aliphatic carbocycles. The van der Waals surface area contributed by atoms with E-state index in [1.807, 2.05) is 24.3 Å². The molecule has 154 valence electrons. The molecule has 9 nitrogen and oxygen atoms in total. The number of rotatable bonds is 5. The average molecular weight is 410 g/mol. The summed E-state index contributed by atoms with van der Waals surface area (Å²) in [7, 11) is 1.32. The number of carbonyl (C=O) groups excluding carboxylic acids is 1. The number of hydrogen-bond donors (Lipinski definition) is 0. The molecule has 30 heavy (non-hydrogen) atoms. The highest BCUT2D eigenvalue weighted by atomic mass is 19.1. The lowest BCUT2D eigenvalue weighted by atomic mass is 10.1. The van der Waals surface area contributed by atoms with Crippen molar-refractivity contribution in [2.75, 3.05) is 20.2 Å². The van der Waals surface area contributed by atoms with Gasteiger partial charge in [0.1, 0.15) is 12.5 Å². The van der Waals surface area contributed by atoms with Gasteiger partial charge in [-0.2, -0.15) is 24.7 Å². The highest BCUT2D eigenvalue weighted by Crippen LogP contribution is 2.30. The molecule has 0 spiro atoms. The van der Waals surface area contributed by atoms with E-state index in [-0.39, 0.29) is 36.5 Å². The van der Waals surface area contributed by atoms with Crippen LogP contribution in [-0.2, 0) is 4.79 Å². The van der Waals surface area contributed by atoms with Gasteiger partial charge in [-0.25, -0.2) is 4.52 Å². The van der Waals surface area contributed by atoms with Crippen LogP contribution in [0.2, 0.25) is 0 Å². The first-order valence-electron chi connectivity index (χ1n) is 9.46. The Morgan fingerprint density at radius 2 is 2.20 bits per heavy atom. The van der Waals surface area contributed by atoms with Crippen molar-refractivity contribution >= 4 is 11.4 Å². The third kappa shape index (κ3) is 3.74. The average Bonchev–Trinajstić information content (AvgIpc) is 3.20. The molecule has 1 amide bonds. The topological polar surface area (TPSA) is 106 Å². The molecule has 1 atom stereocenters. The Morgan fingerprint density at radius 3 is 3.00 bits per heavy atom. The lowest BCUT2D eigenvalue weighted by Gasteiger charge is -2.32. The van der Waals surface area contributed by atoms with E-state index in [2.05, 4.69) is 15.1 Å². The van der Waals surface area contributed by atoms with Crippen LogP contribution >= 0.6 is 0 Å². The molecule has 1 fully saturated rings. The minimum Gasteiger partial charge on any atom is -0.479 e. The summed E-state index contributed by atoms with van der Waals surface area (Å²) in [6.07, 6.45) is 4.05. The molecule has 0 N–H and O–H groups in total. The zero-order valence-corrected chi connectivity index (χ0v) is 16.3. The predicted octanol–water partition coefficient (Wildman–Crippen LogP) is 2.22. The Kier molecular flexibility index (Phi) is 5.43. The van der Waals surface area contributed by atoms with Gasteiger partial charge in [0.25, 0.3) is 11.8 Å². The first kappa shape index (κ1) is 19.6. The van der Waals surface area contributed by atoms with Crippen molar-refractivity contribution in [1.82, 2.24) is 24.5 Å². The number of nitrogens with zero attached hydrogens (tertiary/aromatic N) is 6. The number of fused-ring (bicyclic) bond motifs is 1. The summed E-state index contributed by atoms with van der Waals surface area (Å²) in [4.78, 5) is 22.0. The number of halogens is 1. The number of ether oxygens (including phenoxy) is 2. The number of piperidine rings is 1. The van der Waals surface area contributed by atoms with Crippen molar-refractivity contribution in [3.63, 3.8) is 0 Å². The molecule has 4 heterocycles. The van der Waals surface area contributed by atoms with Crippen molar-refractivity contribution in [3.05, 3.63) is 36.4 Å². The minimum absolute atomic E-state index is 0.193. The Hall–Kier alpha value is -3.74. The van der Waals surface area contributed by atoms with Crippen LogP contribution in [0, 0.1) is 17.1 Å². The molecule has 3 aromatic rings. The van der Waals surface area contributed by atoms with E-state index < -0.39 is 11.9 Å². The van der Waals surface area contributed by atoms with Crippen LogP contribution in [0.25, 0.3) is 16.9 Å². The third-order valence-electron chi connectivity index (χ3n) is 4.89. The van der Waals surface area contributed by atoms with Crippen molar-refractivity contribution in [2.24, 2.45) is 0 Å². The fourth-order valence-corrected chi connectivity index (χ4v) is 3.45. The standard InChI is InChI=1S/C20H19FN6O3/c1-29-19-17(21)20(30-13-5-4-9-26(12-13)16(28)7-8-22)25-18(24-19)14-11-23-27-10-3-2-6-15(14)27/h2-3,6,10-11,13H,4-5,7,9,12H2,1H3/t13-/m1/s1. The fourth-order valence-electron chi connectivity index (χ4n) is 3.45.